The first-order valence-corrected chi connectivity index (χ1v) is 5.54. The van der Waals surface area contributed by atoms with Crippen LogP contribution < -0.4 is 10.6 Å². The Morgan fingerprint density at radius 3 is 2.44 bits per heavy atom. The molecule has 6 heteroatoms. The minimum absolute atomic E-state index is 0.0277. The maximum atomic E-state index is 12.7. The van der Waals surface area contributed by atoms with Crippen LogP contribution in [0, 0.1) is 0 Å². The van der Waals surface area contributed by atoms with Crippen molar-refractivity contribution in [2.24, 2.45) is 5.73 Å². The van der Waals surface area contributed by atoms with Gasteiger partial charge in [0.05, 0.1) is 11.3 Å². The number of nitrogens with zero attached hydrogens (tertiary/aromatic N) is 1. The van der Waals surface area contributed by atoms with E-state index in [9.17, 15) is 13.2 Å². The molecule has 0 atom stereocenters. The fourth-order valence-corrected chi connectivity index (χ4v) is 2.06. The van der Waals surface area contributed by atoms with Crippen molar-refractivity contribution in [3.8, 4) is 0 Å². The van der Waals surface area contributed by atoms with Crippen LogP contribution in [0.25, 0.3) is 0 Å². The van der Waals surface area contributed by atoms with Gasteiger partial charge in [0, 0.05) is 23.6 Å². The van der Waals surface area contributed by atoms with E-state index in [1.54, 1.807) is 4.90 Å². The summed E-state index contributed by atoms with van der Waals surface area (Å²) in [5, 5.41) is 0. The van der Waals surface area contributed by atoms with Gasteiger partial charge in [0.2, 0.25) is 0 Å². The van der Waals surface area contributed by atoms with Gasteiger partial charge in [-0.3, -0.25) is 0 Å². The maximum Gasteiger partial charge on any atom is 0.418 e. The third-order valence-corrected chi connectivity index (χ3v) is 3.01. The van der Waals surface area contributed by atoms with Crippen LogP contribution in [0.4, 0.5) is 18.9 Å². The van der Waals surface area contributed by atoms with Gasteiger partial charge in [-0.2, -0.15) is 13.2 Å². The zero-order chi connectivity index (χ0) is 11.9. The Balaban J connectivity index is 2.37. The third-order valence-electron chi connectivity index (χ3n) is 2.52. The molecule has 1 fully saturated rings. The highest BCUT2D eigenvalue weighted by atomic mass is 79.9. The number of alkyl halides is 3. The van der Waals surface area contributed by atoms with Crippen LogP contribution in [0.5, 0.6) is 0 Å². The zero-order valence-electron chi connectivity index (χ0n) is 8.26. The Morgan fingerprint density at radius 1 is 1.31 bits per heavy atom. The SMILES string of the molecule is NC1CN(c2cc(Br)ccc2C(F)(F)F)C1. The van der Waals surface area contributed by atoms with E-state index >= 15 is 0 Å². The van der Waals surface area contributed by atoms with Crippen molar-refractivity contribution in [1.29, 1.82) is 0 Å². The van der Waals surface area contributed by atoms with Crippen molar-refractivity contribution in [3.63, 3.8) is 0 Å². The third kappa shape index (κ3) is 2.17. The number of halogens is 4. The Morgan fingerprint density at radius 2 is 1.94 bits per heavy atom. The quantitative estimate of drug-likeness (QED) is 0.863. The molecule has 0 amide bonds. The van der Waals surface area contributed by atoms with Crippen molar-refractivity contribution >= 4 is 21.6 Å². The summed E-state index contributed by atoms with van der Waals surface area (Å²) in [7, 11) is 0. The molecule has 2 rings (SSSR count). The van der Waals surface area contributed by atoms with Gasteiger partial charge in [0.1, 0.15) is 0 Å². The summed E-state index contributed by atoms with van der Waals surface area (Å²) in [6.07, 6.45) is -4.32. The molecule has 0 aromatic heterocycles. The van der Waals surface area contributed by atoms with E-state index < -0.39 is 11.7 Å². The normalized spacial score (nSPS) is 17.4. The first-order valence-electron chi connectivity index (χ1n) is 4.75. The van der Waals surface area contributed by atoms with Crippen LogP contribution in [-0.2, 0) is 6.18 Å². The average Bonchev–Trinajstić information content (AvgIpc) is 2.10. The van der Waals surface area contributed by atoms with Crippen LogP contribution in [0.15, 0.2) is 22.7 Å². The Hall–Kier alpha value is -0.750. The highest BCUT2D eigenvalue weighted by Crippen LogP contribution is 2.39. The van der Waals surface area contributed by atoms with Gasteiger partial charge in [-0.25, -0.2) is 0 Å². The van der Waals surface area contributed by atoms with Gasteiger partial charge in [-0.15, -0.1) is 0 Å². The number of hydrogen-bond donors (Lipinski definition) is 1. The second-order valence-corrected chi connectivity index (χ2v) is 4.74. The van der Waals surface area contributed by atoms with E-state index in [0.717, 1.165) is 6.07 Å². The average molecular weight is 295 g/mol. The van der Waals surface area contributed by atoms with Crippen LogP contribution in [-0.4, -0.2) is 19.1 Å². The molecule has 1 aromatic rings. The van der Waals surface area contributed by atoms with Gasteiger partial charge in [-0.1, -0.05) is 15.9 Å². The summed E-state index contributed by atoms with van der Waals surface area (Å²) in [5.41, 5.74) is 5.16. The van der Waals surface area contributed by atoms with Crippen molar-refractivity contribution in [2.75, 3.05) is 18.0 Å². The Labute approximate surface area is 99.3 Å². The lowest BCUT2D eigenvalue weighted by molar-refractivity contribution is -0.137. The summed E-state index contributed by atoms with van der Waals surface area (Å²) in [5.74, 6) is 0. The smallest absolute Gasteiger partial charge is 0.368 e. The van der Waals surface area contributed by atoms with E-state index in [4.69, 9.17) is 5.73 Å². The zero-order valence-corrected chi connectivity index (χ0v) is 9.85. The van der Waals surface area contributed by atoms with Gasteiger partial charge < -0.3 is 10.6 Å². The summed E-state index contributed by atoms with van der Waals surface area (Å²) >= 11 is 3.17. The lowest BCUT2D eigenvalue weighted by Gasteiger charge is -2.40. The molecule has 0 aliphatic carbocycles. The van der Waals surface area contributed by atoms with E-state index in [-0.39, 0.29) is 11.7 Å². The van der Waals surface area contributed by atoms with E-state index in [1.807, 2.05) is 0 Å². The molecule has 0 saturated carbocycles. The Bertz CT molecular complexity index is 400. The topological polar surface area (TPSA) is 29.3 Å². The minimum atomic E-state index is -4.32. The largest absolute Gasteiger partial charge is 0.418 e. The number of anilines is 1. The molecule has 0 bridgehead atoms. The highest BCUT2D eigenvalue weighted by Gasteiger charge is 2.37. The van der Waals surface area contributed by atoms with Crippen molar-refractivity contribution in [3.05, 3.63) is 28.2 Å². The van der Waals surface area contributed by atoms with E-state index in [0.29, 0.717) is 17.6 Å². The van der Waals surface area contributed by atoms with E-state index in [1.165, 1.54) is 12.1 Å². The Kier molecular flexibility index (Phi) is 2.88. The molecule has 1 aromatic carbocycles. The number of rotatable bonds is 1. The molecule has 16 heavy (non-hydrogen) atoms. The lowest BCUT2D eigenvalue weighted by atomic mass is 10.1. The first kappa shape index (κ1) is 11.7. The summed E-state index contributed by atoms with van der Waals surface area (Å²) < 4.78 is 38.8. The van der Waals surface area contributed by atoms with Crippen LogP contribution in [0.2, 0.25) is 0 Å². The van der Waals surface area contributed by atoms with Crippen molar-refractivity contribution < 1.29 is 13.2 Å². The molecule has 2 nitrogen and oxygen atoms in total. The molecule has 0 radical (unpaired) electrons. The molecular formula is C10H10BrF3N2. The number of hydrogen-bond acceptors (Lipinski definition) is 2. The first-order chi connectivity index (χ1) is 7.38. The number of nitrogens with two attached hydrogens (primary N) is 1. The molecule has 1 aliphatic heterocycles. The van der Waals surface area contributed by atoms with Gasteiger partial charge in [-0.05, 0) is 18.2 Å². The molecule has 88 valence electrons. The molecule has 1 heterocycles. The monoisotopic (exact) mass is 294 g/mol. The molecule has 2 N–H and O–H groups in total. The molecular weight excluding hydrogens is 285 g/mol. The predicted molar refractivity (Wildman–Crippen MR) is 59.3 cm³/mol. The van der Waals surface area contributed by atoms with Crippen molar-refractivity contribution in [1.82, 2.24) is 0 Å². The predicted octanol–water partition coefficient (Wildman–Crippen LogP) is 2.62. The van der Waals surface area contributed by atoms with Crippen LogP contribution in [0.1, 0.15) is 5.56 Å². The lowest BCUT2D eigenvalue weighted by Crippen LogP contribution is -2.56. The maximum absolute atomic E-state index is 12.7. The van der Waals surface area contributed by atoms with Crippen LogP contribution >= 0.6 is 15.9 Å². The van der Waals surface area contributed by atoms with Crippen molar-refractivity contribution in [2.45, 2.75) is 12.2 Å². The molecule has 1 aliphatic rings. The number of benzene rings is 1. The minimum Gasteiger partial charge on any atom is -0.368 e. The van der Waals surface area contributed by atoms with Crippen LogP contribution in [0.3, 0.4) is 0 Å². The summed E-state index contributed by atoms with van der Waals surface area (Å²) in [4.78, 5) is 1.64. The van der Waals surface area contributed by atoms with Gasteiger partial charge in [0.15, 0.2) is 0 Å². The second kappa shape index (κ2) is 3.92. The fraction of sp³-hybridized carbons (Fsp3) is 0.400. The molecule has 0 unspecified atom stereocenters. The van der Waals surface area contributed by atoms with Gasteiger partial charge in [0.25, 0.3) is 0 Å². The fourth-order valence-electron chi connectivity index (χ4n) is 1.72. The van der Waals surface area contributed by atoms with Gasteiger partial charge >= 0.3 is 6.18 Å². The standard InChI is InChI=1S/C10H10BrF3N2/c11-6-1-2-8(10(12,13)14)9(3-6)16-4-7(15)5-16/h1-3,7H,4-5,15H2. The summed E-state index contributed by atoms with van der Waals surface area (Å²) in [6.45, 7) is 0.944. The second-order valence-electron chi connectivity index (χ2n) is 3.82. The summed E-state index contributed by atoms with van der Waals surface area (Å²) in [6, 6.07) is 3.93. The molecule has 0 spiro atoms. The van der Waals surface area contributed by atoms with E-state index in [2.05, 4.69) is 15.9 Å². The molecule has 1 saturated heterocycles. The highest BCUT2D eigenvalue weighted by molar-refractivity contribution is 9.10.